The molecule has 1 fully saturated rings. The predicted octanol–water partition coefficient (Wildman–Crippen LogP) is 0.577. The van der Waals surface area contributed by atoms with E-state index in [-0.39, 0.29) is 24.9 Å². The second kappa shape index (κ2) is 4.87. The number of rotatable bonds is 5. The number of fused-ring (bicyclic) bond motifs is 2. The summed E-state index contributed by atoms with van der Waals surface area (Å²) in [5.41, 5.74) is 0. The van der Waals surface area contributed by atoms with Gasteiger partial charge in [-0.2, -0.15) is 0 Å². The van der Waals surface area contributed by atoms with E-state index >= 15 is 0 Å². The molecule has 0 aromatic heterocycles. The maximum Gasteiger partial charge on any atom is 0.310 e. The Hall–Kier alpha value is -1.36. The fraction of sp³-hybridized carbons (Fsp3) is 0.667. The Labute approximate surface area is 99.1 Å². The van der Waals surface area contributed by atoms with Crippen molar-refractivity contribution in [2.75, 3.05) is 6.61 Å². The lowest BCUT2D eigenvalue weighted by atomic mass is 9.91. The lowest BCUT2D eigenvalue weighted by Gasteiger charge is -2.24. The SMILES string of the molecule is O=C(CCCO)OC1C2C=CC(C2)C1C(=O)O. The molecule has 2 rings (SSSR count). The van der Waals surface area contributed by atoms with Gasteiger partial charge in [0.1, 0.15) is 12.0 Å². The van der Waals surface area contributed by atoms with Gasteiger partial charge in [-0.3, -0.25) is 9.59 Å². The van der Waals surface area contributed by atoms with Crippen LogP contribution in [0, 0.1) is 17.8 Å². The smallest absolute Gasteiger partial charge is 0.310 e. The summed E-state index contributed by atoms with van der Waals surface area (Å²) in [7, 11) is 0. The van der Waals surface area contributed by atoms with Gasteiger partial charge in [0.25, 0.3) is 0 Å². The van der Waals surface area contributed by atoms with Gasteiger partial charge in [-0.15, -0.1) is 0 Å². The minimum absolute atomic E-state index is 0.00635. The fourth-order valence-corrected chi connectivity index (χ4v) is 2.70. The number of hydrogen-bond acceptors (Lipinski definition) is 4. The number of aliphatic hydroxyl groups is 1. The first-order valence-corrected chi connectivity index (χ1v) is 5.85. The van der Waals surface area contributed by atoms with Gasteiger partial charge in [0.15, 0.2) is 0 Å². The normalized spacial score (nSPS) is 33.9. The highest BCUT2D eigenvalue weighted by atomic mass is 16.5. The quantitative estimate of drug-likeness (QED) is 0.542. The number of allylic oxidation sites excluding steroid dienone is 1. The van der Waals surface area contributed by atoms with E-state index in [1.54, 1.807) is 0 Å². The summed E-state index contributed by atoms with van der Waals surface area (Å²) < 4.78 is 5.24. The molecule has 4 atom stereocenters. The molecule has 94 valence electrons. The molecular formula is C12H16O5. The molecule has 1 saturated carbocycles. The van der Waals surface area contributed by atoms with Crippen LogP contribution in [-0.4, -0.2) is 34.9 Å². The van der Waals surface area contributed by atoms with Crippen molar-refractivity contribution < 1.29 is 24.5 Å². The van der Waals surface area contributed by atoms with E-state index in [0.29, 0.717) is 6.42 Å². The molecule has 5 heteroatoms. The first-order valence-electron chi connectivity index (χ1n) is 5.85. The lowest BCUT2D eigenvalue weighted by molar-refractivity contribution is -0.159. The molecule has 17 heavy (non-hydrogen) atoms. The number of aliphatic hydroxyl groups excluding tert-OH is 1. The van der Waals surface area contributed by atoms with Gasteiger partial charge in [-0.1, -0.05) is 12.2 Å². The Morgan fingerprint density at radius 3 is 2.65 bits per heavy atom. The second-order valence-electron chi connectivity index (χ2n) is 4.59. The first kappa shape index (κ1) is 12.1. The third-order valence-electron chi connectivity index (χ3n) is 3.48. The van der Waals surface area contributed by atoms with E-state index in [0.717, 1.165) is 6.42 Å². The molecular weight excluding hydrogens is 224 g/mol. The van der Waals surface area contributed by atoms with Crippen molar-refractivity contribution in [3.8, 4) is 0 Å². The first-order chi connectivity index (χ1) is 8.13. The van der Waals surface area contributed by atoms with E-state index in [1.807, 2.05) is 12.2 Å². The van der Waals surface area contributed by atoms with Crippen LogP contribution < -0.4 is 0 Å². The zero-order valence-corrected chi connectivity index (χ0v) is 9.41. The van der Waals surface area contributed by atoms with Gasteiger partial charge in [-0.05, 0) is 18.8 Å². The number of ether oxygens (including phenoxy) is 1. The number of aliphatic carboxylic acids is 1. The topological polar surface area (TPSA) is 83.8 Å². The summed E-state index contributed by atoms with van der Waals surface area (Å²) in [5.74, 6) is -1.89. The Morgan fingerprint density at radius 2 is 2.00 bits per heavy atom. The van der Waals surface area contributed by atoms with Gasteiger partial charge < -0.3 is 14.9 Å². The molecule has 5 nitrogen and oxygen atoms in total. The van der Waals surface area contributed by atoms with Crippen LogP contribution in [0.1, 0.15) is 19.3 Å². The van der Waals surface area contributed by atoms with E-state index in [9.17, 15) is 9.59 Å². The number of esters is 1. The van der Waals surface area contributed by atoms with Crippen molar-refractivity contribution in [3.63, 3.8) is 0 Å². The lowest BCUT2D eigenvalue weighted by Crippen LogP contribution is -2.35. The summed E-state index contributed by atoms with van der Waals surface area (Å²) in [6.45, 7) is -0.0614. The van der Waals surface area contributed by atoms with E-state index in [4.69, 9.17) is 14.9 Å². The Bertz CT molecular complexity index is 349. The molecule has 0 spiro atoms. The number of carbonyl (C=O) groups excluding carboxylic acids is 1. The zero-order valence-electron chi connectivity index (χ0n) is 9.41. The van der Waals surface area contributed by atoms with Crippen LogP contribution in [0.3, 0.4) is 0 Å². The average Bonchev–Trinajstić information content (AvgIpc) is 2.86. The molecule has 0 amide bonds. The number of carbonyl (C=O) groups is 2. The fourth-order valence-electron chi connectivity index (χ4n) is 2.70. The molecule has 4 unspecified atom stereocenters. The molecule has 2 aliphatic rings. The minimum Gasteiger partial charge on any atom is -0.481 e. The van der Waals surface area contributed by atoms with Crippen LogP contribution in [0.15, 0.2) is 12.2 Å². The molecule has 2 bridgehead atoms. The summed E-state index contributed by atoms with van der Waals surface area (Å²) in [6.07, 6.45) is 4.56. The molecule has 2 aliphatic carbocycles. The van der Waals surface area contributed by atoms with Crippen LogP contribution in [0.25, 0.3) is 0 Å². The summed E-state index contributed by atoms with van der Waals surface area (Å²) in [5, 5.41) is 17.7. The molecule has 0 aromatic carbocycles. The number of hydrogen-bond donors (Lipinski definition) is 2. The van der Waals surface area contributed by atoms with E-state index < -0.39 is 24.0 Å². The second-order valence-corrected chi connectivity index (χ2v) is 4.59. The van der Waals surface area contributed by atoms with Crippen molar-refractivity contribution >= 4 is 11.9 Å². The maximum absolute atomic E-state index is 11.5. The molecule has 0 aromatic rings. The van der Waals surface area contributed by atoms with Crippen LogP contribution in [0.5, 0.6) is 0 Å². The van der Waals surface area contributed by atoms with Crippen LogP contribution in [0.4, 0.5) is 0 Å². The van der Waals surface area contributed by atoms with Gasteiger partial charge in [0, 0.05) is 18.9 Å². The molecule has 0 aliphatic heterocycles. The van der Waals surface area contributed by atoms with Crippen molar-refractivity contribution in [2.24, 2.45) is 17.8 Å². The molecule has 2 N–H and O–H groups in total. The van der Waals surface area contributed by atoms with Gasteiger partial charge in [0.05, 0.1) is 0 Å². The van der Waals surface area contributed by atoms with Gasteiger partial charge in [0.2, 0.25) is 0 Å². The summed E-state index contributed by atoms with van der Waals surface area (Å²) >= 11 is 0. The highest BCUT2D eigenvalue weighted by Gasteiger charge is 2.50. The molecule has 0 saturated heterocycles. The monoisotopic (exact) mass is 240 g/mol. The summed E-state index contributed by atoms with van der Waals surface area (Å²) in [4.78, 5) is 22.6. The number of carboxylic acid groups (broad SMARTS) is 1. The van der Waals surface area contributed by atoms with E-state index in [2.05, 4.69) is 0 Å². The van der Waals surface area contributed by atoms with Crippen LogP contribution in [-0.2, 0) is 14.3 Å². The van der Waals surface area contributed by atoms with Crippen molar-refractivity contribution in [1.82, 2.24) is 0 Å². The predicted molar refractivity (Wildman–Crippen MR) is 58.1 cm³/mol. The Morgan fingerprint density at radius 1 is 1.29 bits per heavy atom. The average molecular weight is 240 g/mol. The zero-order chi connectivity index (χ0) is 12.4. The third-order valence-corrected chi connectivity index (χ3v) is 3.48. The van der Waals surface area contributed by atoms with E-state index in [1.165, 1.54) is 0 Å². The standard InChI is InChI=1S/C12H16O5/c13-5-1-2-9(14)17-11-8-4-3-7(6-8)10(11)12(15)16/h3-4,7-8,10-11,13H,1-2,5-6H2,(H,15,16). The van der Waals surface area contributed by atoms with Gasteiger partial charge >= 0.3 is 11.9 Å². The highest BCUT2D eigenvalue weighted by molar-refractivity contribution is 5.75. The highest BCUT2D eigenvalue weighted by Crippen LogP contribution is 2.45. The minimum atomic E-state index is -0.901. The third kappa shape index (κ3) is 2.34. The molecule has 0 heterocycles. The summed E-state index contributed by atoms with van der Waals surface area (Å²) in [6, 6.07) is 0. The largest absolute Gasteiger partial charge is 0.481 e. The van der Waals surface area contributed by atoms with Crippen molar-refractivity contribution in [2.45, 2.75) is 25.4 Å². The Balaban J connectivity index is 1.97. The van der Waals surface area contributed by atoms with Crippen molar-refractivity contribution in [3.05, 3.63) is 12.2 Å². The van der Waals surface area contributed by atoms with Crippen molar-refractivity contribution in [1.29, 1.82) is 0 Å². The maximum atomic E-state index is 11.5. The molecule has 0 radical (unpaired) electrons. The van der Waals surface area contributed by atoms with Crippen LogP contribution >= 0.6 is 0 Å². The van der Waals surface area contributed by atoms with Crippen LogP contribution in [0.2, 0.25) is 0 Å². The van der Waals surface area contributed by atoms with Gasteiger partial charge in [-0.25, -0.2) is 0 Å². The number of carboxylic acids is 1. The Kier molecular flexibility index (Phi) is 3.47.